The molecule has 0 spiro atoms. The highest BCUT2D eigenvalue weighted by Gasteiger charge is 2.12. The topological polar surface area (TPSA) is 84.0 Å². The molecule has 0 radical (unpaired) electrons. The van der Waals surface area contributed by atoms with Crippen molar-refractivity contribution in [3.8, 4) is 11.5 Å². The Morgan fingerprint density at radius 1 is 1.12 bits per heavy atom. The van der Waals surface area contributed by atoms with Gasteiger partial charge in [-0.25, -0.2) is 0 Å². The van der Waals surface area contributed by atoms with Crippen molar-refractivity contribution in [2.75, 3.05) is 33.0 Å². The van der Waals surface area contributed by atoms with Gasteiger partial charge in [-0.15, -0.1) is 0 Å². The average Bonchev–Trinajstić information content (AvgIpc) is 3.07. The van der Waals surface area contributed by atoms with Crippen molar-refractivity contribution < 1.29 is 14.3 Å². The monoisotopic (exact) mass is 348 g/mol. The first kappa shape index (κ1) is 18.9. The van der Waals surface area contributed by atoms with E-state index in [1.165, 1.54) is 5.56 Å². The number of aliphatic imine (C=N–C) groups is 1. The molecule has 3 N–H and O–H groups in total. The van der Waals surface area contributed by atoms with Crippen LogP contribution in [0.2, 0.25) is 0 Å². The Morgan fingerprint density at radius 2 is 1.96 bits per heavy atom. The van der Waals surface area contributed by atoms with Gasteiger partial charge in [0.05, 0.1) is 6.54 Å². The van der Waals surface area contributed by atoms with Crippen LogP contribution in [0.15, 0.2) is 23.2 Å². The Balaban J connectivity index is 1.74. The number of hydrogen-bond donors (Lipinski definition) is 3. The number of nitrogens with one attached hydrogen (secondary N) is 3. The molecule has 1 heterocycles. The maximum Gasteiger partial charge on any atom is 0.231 e. The van der Waals surface area contributed by atoms with Crippen LogP contribution in [0.1, 0.15) is 32.3 Å². The third-order valence-electron chi connectivity index (χ3n) is 3.67. The summed E-state index contributed by atoms with van der Waals surface area (Å²) >= 11 is 0. The lowest BCUT2D eigenvalue weighted by Crippen LogP contribution is -2.38. The van der Waals surface area contributed by atoms with Crippen LogP contribution >= 0.6 is 0 Å². The minimum Gasteiger partial charge on any atom is -0.454 e. The molecule has 7 nitrogen and oxygen atoms in total. The summed E-state index contributed by atoms with van der Waals surface area (Å²) in [5.41, 5.74) is 1.17. The van der Waals surface area contributed by atoms with Crippen LogP contribution in [0.5, 0.6) is 11.5 Å². The smallest absolute Gasteiger partial charge is 0.231 e. The minimum atomic E-state index is 0.0433. The summed E-state index contributed by atoms with van der Waals surface area (Å²) in [6.45, 7) is 7.05. The highest BCUT2D eigenvalue weighted by atomic mass is 16.7. The fourth-order valence-electron chi connectivity index (χ4n) is 2.39. The molecule has 1 aromatic rings. The molecule has 0 saturated carbocycles. The molecule has 2 rings (SSSR count). The van der Waals surface area contributed by atoms with Gasteiger partial charge in [0.2, 0.25) is 12.7 Å². The van der Waals surface area contributed by atoms with Crippen LogP contribution in [-0.2, 0) is 11.2 Å². The second-order valence-electron chi connectivity index (χ2n) is 5.73. The van der Waals surface area contributed by atoms with E-state index >= 15 is 0 Å². The fraction of sp³-hybridized carbons (Fsp3) is 0.556. The van der Waals surface area contributed by atoms with Gasteiger partial charge in [0.15, 0.2) is 17.5 Å². The third-order valence-corrected chi connectivity index (χ3v) is 3.67. The summed E-state index contributed by atoms with van der Waals surface area (Å²) in [5, 5.41) is 9.33. The number of nitrogens with zero attached hydrogens (tertiary/aromatic N) is 1. The van der Waals surface area contributed by atoms with Crippen LogP contribution in [-0.4, -0.2) is 44.8 Å². The summed E-state index contributed by atoms with van der Waals surface area (Å²) in [5.74, 6) is 2.37. The van der Waals surface area contributed by atoms with Crippen molar-refractivity contribution in [3.05, 3.63) is 23.8 Å². The molecule has 0 atom stereocenters. The van der Waals surface area contributed by atoms with E-state index in [2.05, 4.69) is 20.9 Å². The lowest BCUT2D eigenvalue weighted by molar-refractivity contribution is -0.120. The summed E-state index contributed by atoms with van der Waals surface area (Å²) in [7, 11) is 0. The molecule has 1 aliphatic rings. The number of fused-ring (bicyclic) bond motifs is 1. The van der Waals surface area contributed by atoms with Crippen LogP contribution in [0.3, 0.4) is 0 Å². The highest BCUT2D eigenvalue weighted by Crippen LogP contribution is 2.32. The first-order chi connectivity index (χ1) is 12.2. The summed E-state index contributed by atoms with van der Waals surface area (Å²) in [6, 6.07) is 5.98. The van der Waals surface area contributed by atoms with Crippen molar-refractivity contribution in [3.63, 3.8) is 0 Å². The van der Waals surface area contributed by atoms with Gasteiger partial charge in [0, 0.05) is 26.1 Å². The van der Waals surface area contributed by atoms with Crippen LogP contribution in [0.4, 0.5) is 0 Å². The van der Waals surface area contributed by atoms with Gasteiger partial charge in [-0.1, -0.05) is 13.0 Å². The molecule has 0 fully saturated rings. The molecule has 0 unspecified atom stereocenters. The van der Waals surface area contributed by atoms with Crippen molar-refractivity contribution >= 4 is 11.9 Å². The van der Waals surface area contributed by atoms with Crippen molar-refractivity contribution in [1.29, 1.82) is 0 Å². The Bertz CT molecular complexity index is 590. The molecule has 25 heavy (non-hydrogen) atoms. The van der Waals surface area contributed by atoms with Gasteiger partial charge < -0.3 is 25.4 Å². The van der Waals surface area contributed by atoms with Gasteiger partial charge in [-0.05, 0) is 37.5 Å². The van der Waals surface area contributed by atoms with Crippen molar-refractivity contribution in [2.45, 2.75) is 33.1 Å². The molecule has 0 aromatic heterocycles. The van der Waals surface area contributed by atoms with Crippen LogP contribution < -0.4 is 25.4 Å². The Hall–Kier alpha value is -2.44. The standard InChI is InChI=1S/C18H28N4O3/c1-3-9-20-17(23)8-11-22-18(19-4-2)21-10-7-14-5-6-15-16(12-14)25-13-24-15/h5-6,12H,3-4,7-11,13H2,1-2H3,(H,20,23)(H2,19,21,22). The van der Waals surface area contributed by atoms with Crippen molar-refractivity contribution in [1.82, 2.24) is 16.0 Å². The number of benzene rings is 1. The summed E-state index contributed by atoms with van der Waals surface area (Å²) in [6.07, 6.45) is 2.19. The number of guanidine groups is 1. The van der Waals surface area contributed by atoms with Gasteiger partial charge in [-0.2, -0.15) is 0 Å². The molecule has 0 saturated heterocycles. The van der Waals surface area contributed by atoms with E-state index in [1.807, 2.05) is 32.0 Å². The normalized spacial score (nSPS) is 12.8. The second kappa shape index (κ2) is 10.4. The largest absolute Gasteiger partial charge is 0.454 e. The second-order valence-corrected chi connectivity index (χ2v) is 5.73. The third kappa shape index (κ3) is 6.52. The molecule has 0 aliphatic carbocycles. The number of carbonyl (C=O) groups is 1. The molecule has 7 heteroatoms. The zero-order chi connectivity index (χ0) is 17.9. The molecule has 0 bridgehead atoms. The van der Waals surface area contributed by atoms with Gasteiger partial charge in [0.1, 0.15) is 0 Å². The predicted molar refractivity (Wildman–Crippen MR) is 98.2 cm³/mol. The van der Waals surface area contributed by atoms with E-state index in [0.29, 0.717) is 19.8 Å². The lowest BCUT2D eigenvalue weighted by Gasteiger charge is -2.11. The van der Waals surface area contributed by atoms with Crippen molar-refractivity contribution in [2.24, 2.45) is 4.99 Å². The van der Waals surface area contributed by atoms with E-state index in [9.17, 15) is 4.79 Å². The molecule has 1 amide bonds. The lowest BCUT2D eigenvalue weighted by atomic mass is 10.1. The highest BCUT2D eigenvalue weighted by molar-refractivity contribution is 5.80. The number of ether oxygens (including phenoxy) is 2. The average molecular weight is 348 g/mol. The summed E-state index contributed by atoms with van der Waals surface area (Å²) < 4.78 is 10.7. The molecule has 138 valence electrons. The van der Waals surface area contributed by atoms with Gasteiger partial charge in [-0.3, -0.25) is 9.79 Å². The van der Waals surface area contributed by atoms with Crippen LogP contribution in [0, 0.1) is 0 Å². The maximum absolute atomic E-state index is 11.6. The van der Waals surface area contributed by atoms with E-state index in [-0.39, 0.29) is 5.91 Å². The fourth-order valence-corrected chi connectivity index (χ4v) is 2.39. The Labute approximate surface area is 149 Å². The Morgan fingerprint density at radius 3 is 2.76 bits per heavy atom. The van der Waals surface area contributed by atoms with E-state index in [4.69, 9.17) is 9.47 Å². The zero-order valence-corrected chi connectivity index (χ0v) is 15.1. The van der Waals surface area contributed by atoms with Crippen LogP contribution in [0.25, 0.3) is 0 Å². The number of amides is 1. The molecular weight excluding hydrogens is 320 g/mol. The summed E-state index contributed by atoms with van der Waals surface area (Å²) in [4.78, 5) is 16.0. The van der Waals surface area contributed by atoms with E-state index in [0.717, 1.165) is 49.9 Å². The number of hydrogen-bond acceptors (Lipinski definition) is 4. The zero-order valence-electron chi connectivity index (χ0n) is 15.1. The number of carbonyl (C=O) groups excluding carboxylic acids is 1. The first-order valence-electron chi connectivity index (χ1n) is 8.90. The molecule has 1 aliphatic heterocycles. The van der Waals surface area contributed by atoms with Gasteiger partial charge in [0.25, 0.3) is 0 Å². The Kier molecular flexibility index (Phi) is 7.88. The van der Waals surface area contributed by atoms with Gasteiger partial charge >= 0.3 is 0 Å². The first-order valence-corrected chi connectivity index (χ1v) is 8.90. The molecule has 1 aromatic carbocycles. The van der Waals surface area contributed by atoms with E-state index < -0.39 is 0 Å². The maximum atomic E-state index is 11.6. The predicted octanol–water partition coefficient (Wildman–Crippen LogP) is 1.43. The molecular formula is C18H28N4O3. The SMILES string of the molecule is CCCNC(=O)CCN=C(NCC)NCCc1ccc2c(c1)OCO2. The quantitative estimate of drug-likeness (QED) is 0.464. The number of rotatable bonds is 9. The van der Waals surface area contributed by atoms with E-state index in [1.54, 1.807) is 0 Å². The minimum absolute atomic E-state index is 0.0433.